The fourth-order valence-corrected chi connectivity index (χ4v) is 1.92. The monoisotopic (exact) mass is 253 g/mol. The van der Waals surface area contributed by atoms with Crippen LogP contribution in [-0.2, 0) is 0 Å². The second-order valence-electron chi connectivity index (χ2n) is 4.28. The van der Waals surface area contributed by atoms with Gasteiger partial charge >= 0.3 is 5.97 Å². The molecule has 0 aliphatic rings. The molecule has 5 nitrogen and oxygen atoms in total. The Balaban J connectivity index is 2.09. The molecule has 3 aromatic rings. The van der Waals surface area contributed by atoms with E-state index in [0.29, 0.717) is 5.82 Å². The van der Waals surface area contributed by atoms with Gasteiger partial charge in [0.05, 0.1) is 5.56 Å². The highest BCUT2D eigenvalue weighted by molar-refractivity contribution is 5.88. The minimum atomic E-state index is -0.939. The standard InChI is InChI=1S/C14H11N3O2/c1-9-3-2-8-17-13(9)15-12(16-17)10-4-6-11(7-5-10)14(18)19/h2-8H,1H3,(H,18,19). The van der Waals surface area contributed by atoms with Crippen LogP contribution in [0.3, 0.4) is 0 Å². The molecule has 5 heteroatoms. The van der Waals surface area contributed by atoms with Crippen LogP contribution in [0, 0.1) is 6.92 Å². The third-order valence-corrected chi connectivity index (χ3v) is 2.95. The normalized spacial score (nSPS) is 10.8. The predicted molar refractivity (Wildman–Crippen MR) is 70.1 cm³/mol. The molecule has 0 saturated heterocycles. The van der Waals surface area contributed by atoms with Gasteiger partial charge < -0.3 is 5.11 Å². The number of aromatic carboxylic acids is 1. The van der Waals surface area contributed by atoms with E-state index in [1.165, 1.54) is 0 Å². The summed E-state index contributed by atoms with van der Waals surface area (Å²) < 4.78 is 1.72. The van der Waals surface area contributed by atoms with E-state index in [4.69, 9.17) is 5.11 Å². The Kier molecular flexibility index (Phi) is 2.52. The molecule has 2 aromatic heterocycles. The van der Waals surface area contributed by atoms with Crippen molar-refractivity contribution in [2.75, 3.05) is 0 Å². The summed E-state index contributed by atoms with van der Waals surface area (Å²) in [6, 6.07) is 10.4. The quantitative estimate of drug-likeness (QED) is 0.761. The molecule has 1 aromatic carbocycles. The zero-order chi connectivity index (χ0) is 13.4. The van der Waals surface area contributed by atoms with Crippen molar-refractivity contribution in [3.8, 4) is 11.4 Å². The van der Waals surface area contributed by atoms with Gasteiger partial charge in [-0.3, -0.25) is 0 Å². The van der Waals surface area contributed by atoms with E-state index < -0.39 is 5.97 Å². The molecule has 0 saturated carbocycles. The highest BCUT2D eigenvalue weighted by Crippen LogP contribution is 2.18. The lowest BCUT2D eigenvalue weighted by Crippen LogP contribution is -1.95. The van der Waals surface area contributed by atoms with Crippen LogP contribution < -0.4 is 0 Å². The summed E-state index contributed by atoms with van der Waals surface area (Å²) in [6.07, 6.45) is 1.84. The minimum absolute atomic E-state index is 0.253. The lowest BCUT2D eigenvalue weighted by atomic mass is 10.1. The summed E-state index contributed by atoms with van der Waals surface area (Å²) in [5, 5.41) is 13.2. The van der Waals surface area contributed by atoms with E-state index in [1.54, 1.807) is 28.8 Å². The largest absolute Gasteiger partial charge is 0.478 e. The van der Waals surface area contributed by atoms with Crippen LogP contribution in [0.1, 0.15) is 15.9 Å². The average molecular weight is 253 g/mol. The first-order chi connectivity index (χ1) is 9.15. The van der Waals surface area contributed by atoms with Gasteiger partial charge in [-0.2, -0.15) is 0 Å². The van der Waals surface area contributed by atoms with Crippen molar-refractivity contribution in [2.24, 2.45) is 0 Å². The maximum Gasteiger partial charge on any atom is 0.335 e. The van der Waals surface area contributed by atoms with Gasteiger partial charge in [-0.25, -0.2) is 14.3 Å². The lowest BCUT2D eigenvalue weighted by Gasteiger charge is -1.96. The van der Waals surface area contributed by atoms with E-state index in [9.17, 15) is 4.79 Å². The maximum atomic E-state index is 10.8. The summed E-state index contributed by atoms with van der Waals surface area (Å²) in [5.74, 6) is -0.350. The number of pyridine rings is 1. The Morgan fingerprint density at radius 3 is 2.58 bits per heavy atom. The van der Waals surface area contributed by atoms with Crippen LogP contribution in [0.4, 0.5) is 0 Å². The maximum absolute atomic E-state index is 10.8. The van der Waals surface area contributed by atoms with E-state index in [1.807, 2.05) is 25.3 Å². The van der Waals surface area contributed by atoms with Crippen LogP contribution in [0.15, 0.2) is 42.6 Å². The molecule has 19 heavy (non-hydrogen) atoms. The predicted octanol–water partition coefficient (Wildman–Crippen LogP) is 2.40. The molecule has 0 radical (unpaired) electrons. The third kappa shape index (κ3) is 1.95. The number of fused-ring (bicyclic) bond motifs is 1. The molecule has 3 rings (SSSR count). The number of rotatable bonds is 2. The molecule has 0 fully saturated rings. The van der Waals surface area contributed by atoms with Crippen molar-refractivity contribution in [1.29, 1.82) is 0 Å². The van der Waals surface area contributed by atoms with Crippen molar-refractivity contribution >= 4 is 11.6 Å². The number of aromatic nitrogens is 3. The molecule has 0 bridgehead atoms. The van der Waals surface area contributed by atoms with Gasteiger partial charge in [-0.1, -0.05) is 18.2 Å². The highest BCUT2D eigenvalue weighted by Gasteiger charge is 2.09. The summed E-state index contributed by atoms with van der Waals surface area (Å²) in [6.45, 7) is 1.97. The van der Waals surface area contributed by atoms with E-state index in [0.717, 1.165) is 16.8 Å². The van der Waals surface area contributed by atoms with Crippen molar-refractivity contribution in [3.63, 3.8) is 0 Å². The number of nitrogens with zero attached hydrogens (tertiary/aromatic N) is 3. The van der Waals surface area contributed by atoms with E-state index in [-0.39, 0.29) is 5.56 Å². The molecule has 94 valence electrons. The third-order valence-electron chi connectivity index (χ3n) is 2.95. The first-order valence-corrected chi connectivity index (χ1v) is 5.81. The number of hydrogen-bond acceptors (Lipinski definition) is 3. The van der Waals surface area contributed by atoms with Gasteiger partial charge in [0.25, 0.3) is 0 Å². The summed E-state index contributed by atoms with van der Waals surface area (Å²) >= 11 is 0. The SMILES string of the molecule is Cc1cccn2nc(-c3ccc(C(=O)O)cc3)nc12. The summed E-state index contributed by atoms with van der Waals surface area (Å²) in [5.41, 5.74) is 2.90. The second-order valence-corrected chi connectivity index (χ2v) is 4.28. The molecule has 0 spiro atoms. The lowest BCUT2D eigenvalue weighted by molar-refractivity contribution is 0.0697. The smallest absolute Gasteiger partial charge is 0.335 e. The van der Waals surface area contributed by atoms with Gasteiger partial charge in [0.2, 0.25) is 0 Å². The van der Waals surface area contributed by atoms with Crippen LogP contribution in [0.2, 0.25) is 0 Å². The Hall–Kier alpha value is -2.69. The van der Waals surface area contributed by atoms with Crippen molar-refractivity contribution in [3.05, 3.63) is 53.7 Å². The number of benzene rings is 1. The molecular weight excluding hydrogens is 242 g/mol. The summed E-state index contributed by atoms with van der Waals surface area (Å²) in [4.78, 5) is 15.3. The molecular formula is C14H11N3O2. The Morgan fingerprint density at radius 1 is 1.21 bits per heavy atom. The first-order valence-electron chi connectivity index (χ1n) is 5.81. The number of carboxylic acid groups (broad SMARTS) is 1. The van der Waals surface area contributed by atoms with E-state index >= 15 is 0 Å². The fourth-order valence-electron chi connectivity index (χ4n) is 1.92. The molecule has 2 heterocycles. The van der Waals surface area contributed by atoms with Gasteiger partial charge in [0.1, 0.15) is 0 Å². The number of aryl methyl sites for hydroxylation is 1. The molecule has 0 aliphatic heterocycles. The number of hydrogen-bond donors (Lipinski definition) is 1. The van der Waals surface area contributed by atoms with Gasteiger partial charge in [-0.05, 0) is 30.7 Å². The molecule has 0 amide bonds. The van der Waals surface area contributed by atoms with Crippen LogP contribution in [0.5, 0.6) is 0 Å². The van der Waals surface area contributed by atoms with E-state index in [2.05, 4.69) is 10.1 Å². The zero-order valence-electron chi connectivity index (χ0n) is 10.2. The van der Waals surface area contributed by atoms with Crippen LogP contribution in [0.25, 0.3) is 17.0 Å². The highest BCUT2D eigenvalue weighted by atomic mass is 16.4. The van der Waals surface area contributed by atoms with Crippen molar-refractivity contribution in [1.82, 2.24) is 14.6 Å². The second kappa shape index (κ2) is 4.20. The average Bonchev–Trinajstić information content (AvgIpc) is 2.84. The van der Waals surface area contributed by atoms with Crippen LogP contribution in [-0.4, -0.2) is 25.7 Å². The molecule has 0 aliphatic carbocycles. The molecule has 0 unspecified atom stereocenters. The van der Waals surface area contributed by atoms with Gasteiger partial charge in [0, 0.05) is 11.8 Å². The molecule has 1 N–H and O–H groups in total. The van der Waals surface area contributed by atoms with Gasteiger partial charge in [-0.15, -0.1) is 5.10 Å². The summed E-state index contributed by atoms with van der Waals surface area (Å²) in [7, 11) is 0. The zero-order valence-corrected chi connectivity index (χ0v) is 10.2. The Bertz CT molecular complexity index is 760. The number of carboxylic acids is 1. The van der Waals surface area contributed by atoms with Crippen molar-refractivity contribution in [2.45, 2.75) is 6.92 Å². The topological polar surface area (TPSA) is 67.5 Å². The van der Waals surface area contributed by atoms with Crippen LogP contribution >= 0.6 is 0 Å². The molecule has 0 atom stereocenters. The minimum Gasteiger partial charge on any atom is -0.478 e. The first kappa shape index (κ1) is 11.4. The Morgan fingerprint density at radius 2 is 1.95 bits per heavy atom. The fraction of sp³-hybridized carbons (Fsp3) is 0.0714. The Labute approximate surface area is 109 Å². The number of carbonyl (C=O) groups is 1. The van der Waals surface area contributed by atoms with Gasteiger partial charge in [0.15, 0.2) is 11.5 Å². The van der Waals surface area contributed by atoms with Crippen molar-refractivity contribution < 1.29 is 9.90 Å².